The molecule has 0 aliphatic carbocycles. The molecule has 0 unspecified atom stereocenters. The Morgan fingerprint density at radius 3 is 2.75 bits per heavy atom. The van der Waals surface area contributed by atoms with Crippen LogP contribution in [0.4, 0.5) is 4.39 Å². The van der Waals surface area contributed by atoms with Crippen LogP contribution in [0.2, 0.25) is 0 Å². The second-order valence-corrected chi connectivity index (χ2v) is 5.38. The summed E-state index contributed by atoms with van der Waals surface area (Å²) in [6, 6.07) is 9.77. The van der Waals surface area contributed by atoms with Gasteiger partial charge in [0.15, 0.2) is 0 Å². The first-order chi connectivity index (χ1) is 9.56. The molecule has 0 saturated carbocycles. The van der Waals surface area contributed by atoms with Gasteiger partial charge in [-0.1, -0.05) is 18.2 Å². The predicted octanol–water partition coefficient (Wildman–Crippen LogP) is 3.67. The van der Waals surface area contributed by atoms with Gasteiger partial charge in [-0.3, -0.25) is 0 Å². The minimum absolute atomic E-state index is 0.145. The van der Waals surface area contributed by atoms with Crippen molar-refractivity contribution < 1.29 is 14.3 Å². The quantitative estimate of drug-likeness (QED) is 0.665. The van der Waals surface area contributed by atoms with E-state index in [1.807, 2.05) is 24.3 Å². The number of aromatic nitrogens is 2. The molecule has 0 aliphatic heterocycles. The molecule has 0 amide bonds. The molecule has 1 aromatic heterocycles. The molecule has 2 N–H and O–H groups in total. The summed E-state index contributed by atoms with van der Waals surface area (Å²) in [7, 11) is 0. The number of aromatic carboxylic acids is 1. The van der Waals surface area contributed by atoms with E-state index in [4.69, 9.17) is 5.11 Å². The van der Waals surface area contributed by atoms with Crippen molar-refractivity contribution in [2.75, 3.05) is 0 Å². The van der Waals surface area contributed by atoms with Gasteiger partial charge in [-0.25, -0.2) is 14.2 Å². The zero-order valence-corrected chi connectivity index (χ0v) is 12.2. The SMILES string of the molecule is O=C(O)c1cc(F)cc2[nH]c(-c3ccccc3I)nc12. The first-order valence-electron chi connectivity index (χ1n) is 5.73. The fourth-order valence-corrected chi connectivity index (χ4v) is 2.67. The lowest BCUT2D eigenvalue weighted by atomic mass is 10.2. The molecule has 3 aromatic rings. The number of carboxylic acid groups (broad SMARTS) is 1. The van der Waals surface area contributed by atoms with Gasteiger partial charge in [-0.15, -0.1) is 0 Å². The molecule has 0 aliphatic rings. The molecule has 100 valence electrons. The number of fused-ring (bicyclic) bond motifs is 1. The number of nitrogens with one attached hydrogen (secondary N) is 1. The average molecular weight is 382 g/mol. The van der Waals surface area contributed by atoms with Gasteiger partial charge >= 0.3 is 5.97 Å². The molecular formula is C14H8FIN2O2. The zero-order valence-electron chi connectivity index (χ0n) is 10.0. The molecule has 0 radical (unpaired) electrons. The number of benzene rings is 2. The Bertz CT molecular complexity index is 829. The van der Waals surface area contributed by atoms with E-state index in [1.54, 1.807) is 0 Å². The summed E-state index contributed by atoms with van der Waals surface area (Å²) >= 11 is 2.17. The smallest absolute Gasteiger partial charge is 0.338 e. The molecule has 0 fully saturated rings. The maximum absolute atomic E-state index is 13.4. The van der Waals surface area contributed by atoms with E-state index in [0.717, 1.165) is 15.2 Å². The van der Waals surface area contributed by atoms with Crippen molar-refractivity contribution in [1.29, 1.82) is 0 Å². The summed E-state index contributed by atoms with van der Waals surface area (Å²) in [6.45, 7) is 0. The van der Waals surface area contributed by atoms with Crippen LogP contribution in [0, 0.1) is 9.39 Å². The van der Waals surface area contributed by atoms with Crippen LogP contribution in [0.15, 0.2) is 36.4 Å². The Labute approximate surface area is 126 Å². The van der Waals surface area contributed by atoms with Gasteiger partial charge in [0, 0.05) is 9.13 Å². The van der Waals surface area contributed by atoms with Gasteiger partial charge < -0.3 is 10.1 Å². The second kappa shape index (κ2) is 4.86. The van der Waals surface area contributed by atoms with Crippen LogP contribution >= 0.6 is 22.6 Å². The highest BCUT2D eigenvalue weighted by Crippen LogP contribution is 2.27. The molecule has 0 saturated heterocycles. The van der Waals surface area contributed by atoms with E-state index in [1.165, 1.54) is 6.07 Å². The zero-order chi connectivity index (χ0) is 14.3. The normalized spacial score (nSPS) is 10.9. The van der Waals surface area contributed by atoms with Gasteiger partial charge in [0.1, 0.15) is 17.2 Å². The molecule has 2 aromatic carbocycles. The van der Waals surface area contributed by atoms with Crippen molar-refractivity contribution >= 4 is 39.6 Å². The Hall–Kier alpha value is -1.96. The third-order valence-electron chi connectivity index (χ3n) is 2.91. The maximum Gasteiger partial charge on any atom is 0.338 e. The first kappa shape index (κ1) is 13.0. The number of H-pyrrole nitrogens is 1. The molecule has 6 heteroatoms. The highest BCUT2D eigenvalue weighted by atomic mass is 127. The topological polar surface area (TPSA) is 66.0 Å². The Morgan fingerprint density at radius 1 is 1.30 bits per heavy atom. The standard InChI is InChI=1S/C14H8FIN2O2/c15-7-5-9(14(19)20)12-11(6-7)17-13(18-12)8-3-1-2-4-10(8)16/h1-6H,(H,17,18)(H,19,20). The Kier molecular flexibility index (Phi) is 3.17. The molecular weight excluding hydrogens is 374 g/mol. The minimum Gasteiger partial charge on any atom is -0.478 e. The molecule has 1 heterocycles. The van der Waals surface area contributed by atoms with Gasteiger partial charge in [0.2, 0.25) is 0 Å². The molecule has 3 rings (SSSR count). The van der Waals surface area contributed by atoms with Gasteiger partial charge in [0.25, 0.3) is 0 Å². The fraction of sp³-hybridized carbons (Fsp3) is 0. The predicted molar refractivity (Wildman–Crippen MR) is 81.2 cm³/mol. The number of halogens is 2. The number of imidazole rings is 1. The van der Waals surface area contributed by atoms with Crippen molar-refractivity contribution in [3.8, 4) is 11.4 Å². The Morgan fingerprint density at radius 2 is 2.05 bits per heavy atom. The summed E-state index contributed by atoms with van der Waals surface area (Å²) in [5.41, 5.74) is 1.33. The number of hydrogen-bond donors (Lipinski definition) is 2. The van der Waals surface area contributed by atoms with E-state index in [2.05, 4.69) is 32.6 Å². The number of carbonyl (C=O) groups is 1. The van der Waals surface area contributed by atoms with Gasteiger partial charge in [-0.2, -0.15) is 0 Å². The number of aromatic amines is 1. The van der Waals surface area contributed by atoms with Crippen molar-refractivity contribution in [2.45, 2.75) is 0 Å². The number of nitrogens with zero attached hydrogens (tertiary/aromatic N) is 1. The Balaban J connectivity index is 2.28. The van der Waals surface area contributed by atoms with Crippen molar-refractivity contribution in [3.63, 3.8) is 0 Å². The maximum atomic E-state index is 13.4. The summed E-state index contributed by atoms with van der Waals surface area (Å²) in [6.07, 6.45) is 0. The van der Waals surface area contributed by atoms with E-state index in [-0.39, 0.29) is 11.1 Å². The van der Waals surface area contributed by atoms with E-state index >= 15 is 0 Å². The highest BCUT2D eigenvalue weighted by molar-refractivity contribution is 14.1. The number of hydrogen-bond acceptors (Lipinski definition) is 2. The van der Waals surface area contributed by atoms with E-state index in [9.17, 15) is 9.18 Å². The van der Waals surface area contributed by atoms with Crippen LogP contribution in [-0.2, 0) is 0 Å². The van der Waals surface area contributed by atoms with E-state index in [0.29, 0.717) is 11.3 Å². The largest absolute Gasteiger partial charge is 0.478 e. The highest BCUT2D eigenvalue weighted by Gasteiger charge is 2.16. The van der Waals surface area contributed by atoms with Crippen molar-refractivity contribution in [2.24, 2.45) is 0 Å². The monoisotopic (exact) mass is 382 g/mol. The molecule has 4 nitrogen and oxygen atoms in total. The van der Waals surface area contributed by atoms with Crippen LogP contribution in [0.5, 0.6) is 0 Å². The van der Waals surface area contributed by atoms with Crippen LogP contribution in [0.25, 0.3) is 22.4 Å². The number of rotatable bonds is 2. The summed E-state index contributed by atoms with van der Waals surface area (Å²) in [5.74, 6) is -1.28. The van der Waals surface area contributed by atoms with Crippen LogP contribution in [0.3, 0.4) is 0 Å². The first-order valence-corrected chi connectivity index (χ1v) is 6.81. The fourth-order valence-electron chi connectivity index (χ4n) is 2.03. The molecule has 0 atom stereocenters. The summed E-state index contributed by atoms with van der Waals surface area (Å²) in [4.78, 5) is 18.4. The summed E-state index contributed by atoms with van der Waals surface area (Å²) in [5, 5.41) is 9.12. The van der Waals surface area contributed by atoms with Gasteiger partial charge in [-0.05, 0) is 40.8 Å². The summed E-state index contributed by atoms with van der Waals surface area (Å²) < 4.78 is 14.4. The second-order valence-electron chi connectivity index (χ2n) is 4.22. The van der Waals surface area contributed by atoms with Crippen LogP contribution in [-0.4, -0.2) is 21.0 Å². The molecule has 0 spiro atoms. The van der Waals surface area contributed by atoms with Gasteiger partial charge in [0.05, 0.1) is 11.1 Å². The van der Waals surface area contributed by atoms with Crippen molar-refractivity contribution in [1.82, 2.24) is 9.97 Å². The number of carboxylic acids is 1. The average Bonchev–Trinajstić information content (AvgIpc) is 2.81. The molecule has 20 heavy (non-hydrogen) atoms. The molecule has 0 bridgehead atoms. The lowest BCUT2D eigenvalue weighted by Gasteiger charge is -1.98. The third-order valence-corrected chi connectivity index (χ3v) is 3.85. The third kappa shape index (κ3) is 2.15. The minimum atomic E-state index is -1.20. The van der Waals surface area contributed by atoms with E-state index < -0.39 is 11.8 Å². The van der Waals surface area contributed by atoms with Crippen LogP contribution < -0.4 is 0 Å². The van der Waals surface area contributed by atoms with Crippen LogP contribution in [0.1, 0.15) is 10.4 Å². The van der Waals surface area contributed by atoms with Crippen molar-refractivity contribution in [3.05, 3.63) is 51.3 Å². The lowest BCUT2D eigenvalue weighted by Crippen LogP contribution is -1.98. The lowest BCUT2D eigenvalue weighted by molar-refractivity contribution is 0.0698.